The van der Waals surface area contributed by atoms with Gasteiger partial charge in [-0.3, -0.25) is 4.79 Å². The summed E-state index contributed by atoms with van der Waals surface area (Å²) in [6.45, 7) is 6.05. The number of amides is 1. The number of carbonyl (C=O) groups excluding carboxylic acids is 1. The number of carbonyl (C=O) groups is 2. The lowest BCUT2D eigenvalue weighted by Gasteiger charge is -2.31. The molecule has 2 atom stereocenters. The van der Waals surface area contributed by atoms with Crippen molar-refractivity contribution in [3.8, 4) is 0 Å². The molecule has 1 heterocycles. The molecular formula is C19H28N2O5S. The van der Waals surface area contributed by atoms with Crippen LogP contribution in [0.1, 0.15) is 38.7 Å². The number of carboxylic acid groups (broad SMARTS) is 1. The van der Waals surface area contributed by atoms with Gasteiger partial charge in [0.15, 0.2) is 0 Å². The number of aliphatic carboxylic acids is 1. The van der Waals surface area contributed by atoms with Gasteiger partial charge >= 0.3 is 5.97 Å². The van der Waals surface area contributed by atoms with Gasteiger partial charge in [0.2, 0.25) is 15.9 Å². The van der Waals surface area contributed by atoms with E-state index < -0.39 is 22.0 Å². The van der Waals surface area contributed by atoms with Gasteiger partial charge in [-0.15, -0.1) is 0 Å². The summed E-state index contributed by atoms with van der Waals surface area (Å²) in [5.41, 5.74) is 0.985. The average molecular weight is 397 g/mol. The van der Waals surface area contributed by atoms with Crippen molar-refractivity contribution >= 4 is 21.9 Å². The fraction of sp³-hybridized carbons (Fsp3) is 0.579. The Labute approximate surface area is 160 Å². The molecule has 27 heavy (non-hydrogen) atoms. The number of nitrogens with zero attached hydrogens (tertiary/aromatic N) is 1. The van der Waals surface area contributed by atoms with Gasteiger partial charge in [0.05, 0.1) is 4.90 Å². The molecule has 0 spiro atoms. The third-order valence-corrected chi connectivity index (χ3v) is 7.17. The zero-order valence-corrected chi connectivity index (χ0v) is 16.8. The summed E-state index contributed by atoms with van der Waals surface area (Å²) in [6, 6.07) is 5.78. The van der Waals surface area contributed by atoms with E-state index in [9.17, 15) is 23.1 Å². The second-order valence-corrected chi connectivity index (χ2v) is 9.14. The summed E-state index contributed by atoms with van der Waals surface area (Å²) in [5, 5.41) is 11.9. The first-order chi connectivity index (χ1) is 12.7. The molecule has 1 aromatic carbocycles. The van der Waals surface area contributed by atoms with Crippen molar-refractivity contribution in [2.24, 2.45) is 11.8 Å². The Morgan fingerprint density at radius 2 is 1.78 bits per heavy atom. The Balaban J connectivity index is 1.99. The quantitative estimate of drug-likeness (QED) is 0.734. The van der Waals surface area contributed by atoms with Crippen LogP contribution in [0.4, 0.5) is 0 Å². The molecule has 2 rings (SSSR count). The lowest BCUT2D eigenvalue weighted by Crippen LogP contribution is -2.49. The number of benzene rings is 1. The van der Waals surface area contributed by atoms with Gasteiger partial charge in [0.1, 0.15) is 6.04 Å². The Hall–Kier alpha value is -1.93. The van der Waals surface area contributed by atoms with Crippen LogP contribution in [-0.4, -0.2) is 48.8 Å². The van der Waals surface area contributed by atoms with Crippen LogP contribution >= 0.6 is 0 Å². The first kappa shape index (κ1) is 21.4. The summed E-state index contributed by atoms with van der Waals surface area (Å²) >= 11 is 0. The van der Waals surface area contributed by atoms with Crippen LogP contribution in [0.2, 0.25) is 0 Å². The Morgan fingerprint density at radius 1 is 1.22 bits per heavy atom. The van der Waals surface area contributed by atoms with E-state index in [1.807, 2.05) is 13.8 Å². The SMILES string of the molecule is CCC(C)C(NC(=O)C1CCN(S(=O)(=O)c2ccc(C)cc2)CC1)C(=O)O. The largest absolute Gasteiger partial charge is 0.480 e. The average Bonchev–Trinajstić information content (AvgIpc) is 2.65. The van der Waals surface area contributed by atoms with Crippen molar-refractivity contribution in [2.45, 2.75) is 51.0 Å². The minimum absolute atomic E-state index is 0.173. The molecule has 2 N–H and O–H groups in total. The van der Waals surface area contributed by atoms with Crippen molar-refractivity contribution in [3.05, 3.63) is 29.8 Å². The number of hydrogen-bond donors (Lipinski definition) is 2. The fourth-order valence-corrected chi connectivity index (χ4v) is 4.64. The van der Waals surface area contributed by atoms with Crippen LogP contribution in [0.5, 0.6) is 0 Å². The molecule has 0 aromatic heterocycles. The van der Waals surface area contributed by atoms with Gasteiger partial charge in [-0.1, -0.05) is 38.0 Å². The van der Waals surface area contributed by atoms with Crippen molar-refractivity contribution in [1.82, 2.24) is 9.62 Å². The van der Waals surface area contributed by atoms with Crippen LogP contribution in [0, 0.1) is 18.8 Å². The normalized spacial score (nSPS) is 18.6. The molecule has 1 aliphatic rings. The van der Waals surface area contributed by atoms with Gasteiger partial charge in [0, 0.05) is 19.0 Å². The molecule has 1 aliphatic heterocycles. The lowest BCUT2D eigenvalue weighted by atomic mass is 9.94. The van der Waals surface area contributed by atoms with Crippen LogP contribution in [0.15, 0.2) is 29.2 Å². The molecule has 0 bridgehead atoms. The number of sulfonamides is 1. The summed E-state index contributed by atoms with van der Waals surface area (Å²) in [6.07, 6.45) is 1.40. The van der Waals surface area contributed by atoms with Gasteiger partial charge in [0.25, 0.3) is 0 Å². The van der Waals surface area contributed by atoms with Crippen LogP contribution < -0.4 is 5.32 Å². The Morgan fingerprint density at radius 3 is 2.26 bits per heavy atom. The monoisotopic (exact) mass is 396 g/mol. The van der Waals surface area contributed by atoms with Crippen LogP contribution in [-0.2, 0) is 19.6 Å². The highest BCUT2D eigenvalue weighted by atomic mass is 32.2. The van der Waals surface area contributed by atoms with E-state index in [2.05, 4.69) is 5.32 Å². The summed E-state index contributed by atoms with van der Waals surface area (Å²) in [7, 11) is -3.57. The smallest absolute Gasteiger partial charge is 0.326 e. The highest BCUT2D eigenvalue weighted by Crippen LogP contribution is 2.24. The third-order valence-electron chi connectivity index (χ3n) is 5.26. The maximum Gasteiger partial charge on any atom is 0.326 e. The van der Waals surface area contributed by atoms with Gasteiger partial charge in [-0.05, 0) is 37.8 Å². The summed E-state index contributed by atoms with van der Waals surface area (Å²) in [5.74, 6) is -1.90. The summed E-state index contributed by atoms with van der Waals surface area (Å²) in [4.78, 5) is 24.1. The predicted molar refractivity (Wildman–Crippen MR) is 102 cm³/mol. The molecular weight excluding hydrogens is 368 g/mol. The molecule has 0 saturated carbocycles. The third kappa shape index (κ3) is 5.07. The zero-order valence-electron chi connectivity index (χ0n) is 16.0. The van der Waals surface area contributed by atoms with E-state index in [0.29, 0.717) is 19.3 Å². The summed E-state index contributed by atoms with van der Waals surface area (Å²) < 4.78 is 26.8. The van der Waals surface area contributed by atoms with E-state index in [4.69, 9.17) is 0 Å². The molecule has 1 amide bonds. The molecule has 1 fully saturated rings. The first-order valence-electron chi connectivity index (χ1n) is 9.26. The highest BCUT2D eigenvalue weighted by molar-refractivity contribution is 7.89. The minimum Gasteiger partial charge on any atom is -0.480 e. The van der Waals surface area contributed by atoms with Crippen LogP contribution in [0.3, 0.4) is 0 Å². The molecule has 8 heteroatoms. The molecule has 0 radical (unpaired) electrons. The topological polar surface area (TPSA) is 104 Å². The number of aryl methyl sites for hydroxylation is 1. The number of nitrogens with one attached hydrogen (secondary N) is 1. The second kappa shape index (κ2) is 8.84. The molecule has 1 aromatic rings. The number of carboxylic acids is 1. The maximum atomic E-state index is 12.7. The first-order valence-corrected chi connectivity index (χ1v) is 10.7. The van der Waals surface area contributed by atoms with Crippen molar-refractivity contribution in [1.29, 1.82) is 0 Å². The zero-order chi connectivity index (χ0) is 20.2. The van der Waals surface area contributed by atoms with Crippen LogP contribution in [0.25, 0.3) is 0 Å². The van der Waals surface area contributed by atoms with E-state index >= 15 is 0 Å². The predicted octanol–water partition coefficient (Wildman–Crippen LogP) is 2.01. The maximum absolute atomic E-state index is 12.7. The fourth-order valence-electron chi connectivity index (χ4n) is 3.17. The van der Waals surface area contributed by atoms with E-state index in [1.165, 1.54) is 4.31 Å². The van der Waals surface area contributed by atoms with Gasteiger partial charge in [-0.25, -0.2) is 13.2 Å². The van der Waals surface area contributed by atoms with Gasteiger partial charge < -0.3 is 10.4 Å². The molecule has 2 unspecified atom stereocenters. The number of hydrogen-bond acceptors (Lipinski definition) is 4. The Kier molecular flexibility index (Phi) is 7.00. The van der Waals surface area contributed by atoms with E-state index in [-0.39, 0.29) is 35.7 Å². The Bertz CT molecular complexity index is 768. The van der Waals surface area contributed by atoms with Gasteiger partial charge in [-0.2, -0.15) is 4.31 Å². The number of rotatable bonds is 7. The van der Waals surface area contributed by atoms with Crippen molar-refractivity contribution in [2.75, 3.05) is 13.1 Å². The second-order valence-electron chi connectivity index (χ2n) is 7.20. The standard InChI is InChI=1S/C19H28N2O5S/c1-4-14(3)17(19(23)24)20-18(22)15-9-11-21(12-10-15)27(25,26)16-7-5-13(2)6-8-16/h5-8,14-15,17H,4,9-12H2,1-3H3,(H,20,22)(H,23,24). The van der Waals surface area contributed by atoms with E-state index in [0.717, 1.165) is 5.56 Å². The number of piperidine rings is 1. The highest BCUT2D eigenvalue weighted by Gasteiger charge is 2.34. The molecule has 1 saturated heterocycles. The molecule has 150 valence electrons. The van der Waals surface area contributed by atoms with E-state index in [1.54, 1.807) is 31.2 Å². The lowest BCUT2D eigenvalue weighted by molar-refractivity contribution is -0.144. The molecule has 0 aliphatic carbocycles. The van der Waals surface area contributed by atoms with Crippen molar-refractivity contribution in [3.63, 3.8) is 0 Å². The minimum atomic E-state index is -3.57. The van der Waals surface area contributed by atoms with Crippen molar-refractivity contribution < 1.29 is 23.1 Å². The molecule has 7 nitrogen and oxygen atoms in total.